The van der Waals surface area contributed by atoms with E-state index in [9.17, 15) is 9.59 Å². The average Bonchev–Trinajstić information content (AvgIpc) is 3.07. The molecular weight excluding hydrogens is 398 g/mol. The van der Waals surface area contributed by atoms with Gasteiger partial charge in [0, 0.05) is 28.7 Å². The molecule has 4 aromatic rings. The number of carbonyl (C=O) groups is 2. The largest absolute Gasteiger partial charge is 0.366 e. The molecule has 5 nitrogen and oxygen atoms in total. The van der Waals surface area contributed by atoms with Gasteiger partial charge >= 0.3 is 0 Å². The Labute approximate surface area is 179 Å². The van der Waals surface area contributed by atoms with Crippen LogP contribution in [0.3, 0.4) is 0 Å². The summed E-state index contributed by atoms with van der Waals surface area (Å²) in [5.74, 6) is -0.788. The maximum Gasteiger partial charge on any atom is 0.250 e. The van der Waals surface area contributed by atoms with Gasteiger partial charge in [0.05, 0.1) is 17.7 Å². The van der Waals surface area contributed by atoms with Crippen LogP contribution in [-0.2, 0) is 17.8 Å². The molecule has 0 aliphatic heterocycles. The van der Waals surface area contributed by atoms with Crippen molar-refractivity contribution in [1.29, 1.82) is 0 Å². The molecule has 2 amide bonds. The van der Waals surface area contributed by atoms with Crippen LogP contribution in [0, 0.1) is 0 Å². The number of hydrogen-bond donors (Lipinski definition) is 2. The number of primary amides is 1. The monoisotopic (exact) mass is 417 g/mol. The summed E-state index contributed by atoms with van der Waals surface area (Å²) in [5.41, 5.74) is 9.18. The van der Waals surface area contributed by atoms with Gasteiger partial charge in [0.1, 0.15) is 0 Å². The number of para-hydroxylation sites is 2. The molecule has 1 heterocycles. The first-order valence-electron chi connectivity index (χ1n) is 9.51. The van der Waals surface area contributed by atoms with Crippen LogP contribution in [0.5, 0.6) is 0 Å². The summed E-state index contributed by atoms with van der Waals surface area (Å²) in [7, 11) is 0. The van der Waals surface area contributed by atoms with Gasteiger partial charge in [-0.15, -0.1) is 0 Å². The fourth-order valence-corrected chi connectivity index (χ4v) is 3.68. The van der Waals surface area contributed by atoms with Crippen molar-refractivity contribution in [3.05, 3.63) is 101 Å². The Morgan fingerprint density at radius 1 is 0.933 bits per heavy atom. The summed E-state index contributed by atoms with van der Waals surface area (Å²) in [6.45, 7) is 0.670. The fourth-order valence-electron chi connectivity index (χ4n) is 3.56. The lowest BCUT2D eigenvalue weighted by Crippen LogP contribution is -2.19. The Balaban J connectivity index is 1.59. The molecule has 3 N–H and O–H groups in total. The van der Waals surface area contributed by atoms with Gasteiger partial charge in [0.2, 0.25) is 5.91 Å². The molecule has 0 spiro atoms. The minimum absolute atomic E-state index is 0.182. The van der Waals surface area contributed by atoms with E-state index in [1.54, 1.807) is 24.3 Å². The molecule has 1 aromatic heterocycles. The summed E-state index contributed by atoms with van der Waals surface area (Å²) in [5, 5.41) is 4.52. The summed E-state index contributed by atoms with van der Waals surface area (Å²) in [6, 6.07) is 22.4. The van der Waals surface area contributed by atoms with Crippen molar-refractivity contribution in [2.24, 2.45) is 5.73 Å². The van der Waals surface area contributed by atoms with Crippen LogP contribution in [0.2, 0.25) is 5.02 Å². The highest BCUT2D eigenvalue weighted by molar-refractivity contribution is 6.30. The van der Waals surface area contributed by atoms with Crippen molar-refractivity contribution in [3.8, 4) is 0 Å². The molecule has 0 atom stereocenters. The van der Waals surface area contributed by atoms with E-state index in [4.69, 9.17) is 17.3 Å². The first kappa shape index (κ1) is 19.7. The number of anilines is 1. The summed E-state index contributed by atoms with van der Waals surface area (Å²) >= 11 is 5.99. The third kappa shape index (κ3) is 4.21. The van der Waals surface area contributed by atoms with Crippen molar-refractivity contribution < 1.29 is 9.59 Å². The van der Waals surface area contributed by atoms with Crippen molar-refractivity contribution in [1.82, 2.24) is 4.57 Å². The summed E-state index contributed by atoms with van der Waals surface area (Å²) in [4.78, 5) is 24.3. The minimum atomic E-state index is -0.578. The molecule has 6 heteroatoms. The Morgan fingerprint density at radius 2 is 1.63 bits per heavy atom. The molecule has 0 aliphatic rings. The minimum Gasteiger partial charge on any atom is -0.366 e. The molecule has 0 bridgehead atoms. The maximum absolute atomic E-state index is 12.7. The highest BCUT2D eigenvalue weighted by Crippen LogP contribution is 2.24. The number of amides is 2. The van der Waals surface area contributed by atoms with E-state index in [1.165, 1.54) is 0 Å². The Hall–Kier alpha value is -3.57. The second kappa shape index (κ2) is 8.43. The van der Waals surface area contributed by atoms with Gasteiger partial charge in [-0.25, -0.2) is 0 Å². The number of aromatic nitrogens is 1. The maximum atomic E-state index is 12.7. The number of hydrogen-bond acceptors (Lipinski definition) is 2. The van der Waals surface area contributed by atoms with E-state index in [1.807, 2.05) is 54.7 Å². The lowest BCUT2D eigenvalue weighted by molar-refractivity contribution is -0.115. The molecule has 3 aromatic carbocycles. The third-order valence-corrected chi connectivity index (χ3v) is 5.21. The van der Waals surface area contributed by atoms with E-state index in [0.29, 0.717) is 17.3 Å². The second-order valence-electron chi connectivity index (χ2n) is 7.06. The lowest BCUT2D eigenvalue weighted by Gasteiger charge is -2.08. The van der Waals surface area contributed by atoms with E-state index < -0.39 is 5.91 Å². The molecule has 0 fully saturated rings. The van der Waals surface area contributed by atoms with Gasteiger partial charge in [0.25, 0.3) is 5.91 Å². The van der Waals surface area contributed by atoms with Crippen LogP contribution in [-0.4, -0.2) is 16.4 Å². The van der Waals surface area contributed by atoms with Crippen LogP contribution in [0.4, 0.5) is 5.69 Å². The number of benzene rings is 3. The van der Waals surface area contributed by atoms with Crippen molar-refractivity contribution in [2.45, 2.75) is 13.0 Å². The molecule has 30 heavy (non-hydrogen) atoms. The van der Waals surface area contributed by atoms with Crippen molar-refractivity contribution in [2.75, 3.05) is 5.32 Å². The lowest BCUT2D eigenvalue weighted by atomic mass is 10.1. The molecular formula is C24H20ClN3O2. The number of nitrogens with one attached hydrogen (secondary N) is 1. The van der Waals surface area contributed by atoms with E-state index in [0.717, 1.165) is 22.0 Å². The molecule has 150 valence electrons. The molecule has 0 unspecified atom stereocenters. The number of rotatable bonds is 6. The zero-order valence-electron chi connectivity index (χ0n) is 16.1. The second-order valence-corrected chi connectivity index (χ2v) is 7.50. The van der Waals surface area contributed by atoms with Gasteiger partial charge in [-0.3, -0.25) is 9.59 Å². The van der Waals surface area contributed by atoms with Crippen LogP contribution in [0.25, 0.3) is 10.9 Å². The summed E-state index contributed by atoms with van der Waals surface area (Å²) < 4.78 is 2.12. The van der Waals surface area contributed by atoms with Crippen LogP contribution < -0.4 is 11.1 Å². The molecule has 0 saturated carbocycles. The first-order chi connectivity index (χ1) is 14.5. The normalized spacial score (nSPS) is 10.8. The van der Waals surface area contributed by atoms with Crippen LogP contribution >= 0.6 is 11.6 Å². The molecule has 0 saturated heterocycles. The van der Waals surface area contributed by atoms with Crippen molar-refractivity contribution in [3.63, 3.8) is 0 Å². The third-order valence-electron chi connectivity index (χ3n) is 4.95. The quantitative estimate of drug-likeness (QED) is 0.480. The topological polar surface area (TPSA) is 77.1 Å². The Bertz CT molecular complexity index is 1230. The fraction of sp³-hybridized carbons (Fsp3) is 0.0833. The van der Waals surface area contributed by atoms with Gasteiger partial charge in [-0.1, -0.05) is 54.1 Å². The number of fused-ring (bicyclic) bond motifs is 1. The van der Waals surface area contributed by atoms with Crippen molar-refractivity contribution >= 4 is 40.0 Å². The van der Waals surface area contributed by atoms with Crippen LogP contribution in [0.15, 0.2) is 79.0 Å². The molecule has 0 aliphatic carbocycles. The van der Waals surface area contributed by atoms with Gasteiger partial charge in [0.15, 0.2) is 0 Å². The van der Waals surface area contributed by atoms with E-state index >= 15 is 0 Å². The summed E-state index contributed by atoms with van der Waals surface area (Å²) in [6.07, 6.45) is 2.18. The molecule has 4 rings (SSSR count). The number of carbonyl (C=O) groups excluding carboxylic acids is 2. The highest BCUT2D eigenvalue weighted by Gasteiger charge is 2.14. The van der Waals surface area contributed by atoms with E-state index in [2.05, 4.69) is 9.88 Å². The first-order valence-corrected chi connectivity index (χ1v) is 9.89. The van der Waals surface area contributed by atoms with Crippen LogP contribution in [0.1, 0.15) is 21.5 Å². The van der Waals surface area contributed by atoms with Gasteiger partial charge < -0.3 is 15.6 Å². The van der Waals surface area contributed by atoms with Gasteiger partial charge in [-0.2, -0.15) is 0 Å². The predicted octanol–water partition coefficient (Wildman–Crippen LogP) is 4.62. The predicted molar refractivity (Wildman–Crippen MR) is 120 cm³/mol. The number of nitrogens with two attached hydrogens (primary N) is 1. The Morgan fingerprint density at radius 3 is 2.40 bits per heavy atom. The number of nitrogens with zero attached hydrogens (tertiary/aromatic N) is 1. The van der Waals surface area contributed by atoms with E-state index in [-0.39, 0.29) is 17.9 Å². The standard InChI is InChI=1S/C24H20ClN3O2/c25-18-11-9-16(10-12-18)14-28-15-17(19-5-2-4-8-22(19)28)13-23(29)27-21-7-3-1-6-20(21)24(26)30/h1-12,15H,13-14H2,(H2,26,30)(H,27,29). The highest BCUT2D eigenvalue weighted by atomic mass is 35.5. The number of halogens is 1. The molecule has 0 radical (unpaired) electrons. The Kier molecular flexibility index (Phi) is 5.55. The zero-order valence-corrected chi connectivity index (χ0v) is 16.9. The van der Waals surface area contributed by atoms with Gasteiger partial charge in [-0.05, 0) is 41.5 Å². The SMILES string of the molecule is NC(=O)c1ccccc1NC(=O)Cc1cn(Cc2ccc(Cl)cc2)c2ccccc12. The zero-order chi connectivity index (χ0) is 21.1. The smallest absolute Gasteiger partial charge is 0.250 e. The average molecular weight is 418 g/mol.